The van der Waals surface area contributed by atoms with Crippen LogP contribution in [0, 0.1) is 11.3 Å². The minimum atomic E-state index is 0.370. The first kappa shape index (κ1) is 13.1. The quantitative estimate of drug-likeness (QED) is 0.876. The molecular weight excluding hydrogens is 222 g/mol. The molecule has 18 heavy (non-hydrogen) atoms. The Morgan fingerprint density at radius 3 is 2.89 bits per heavy atom. The largest absolute Gasteiger partial charge is 0.311 e. The van der Waals surface area contributed by atoms with Crippen LogP contribution in [0.2, 0.25) is 0 Å². The average molecular weight is 243 g/mol. The molecule has 1 heterocycles. The van der Waals surface area contributed by atoms with Crippen molar-refractivity contribution in [1.82, 2.24) is 10.2 Å². The molecule has 0 spiro atoms. The van der Waals surface area contributed by atoms with Crippen molar-refractivity contribution >= 4 is 0 Å². The molecule has 2 atom stereocenters. The van der Waals surface area contributed by atoms with Gasteiger partial charge in [0.15, 0.2) is 0 Å². The van der Waals surface area contributed by atoms with Gasteiger partial charge in [-0.25, -0.2) is 0 Å². The molecule has 3 nitrogen and oxygen atoms in total. The molecule has 1 fully saturated rings. The first-order valence-electron chi connectivity index (χ1n) is 6.68. The number of benzene rings is 1. The summed E-state index contributed by atoms with van der Waals surface area (Å²) in [5.41, 5.74) is 1.37. The third-order valence-corrected chi connectivity index (χ3v) is 3.58. The van der Waals surface area contributed by atoms with E-state index in [1.807, 2.05) is 0 Å². The molecule has 0 aromatic heterocycles. The van der Waals surface area contributed by atoms with Gasteiger partial charge in [0.2, 0.25) is 0 Å². The fourth-order valence-electron chi connectivity index (χ4n) is 2.53. The zero-order valence-corrected chi connectivity index (χ0v) is 11.0. The van der Waals surface area contributed by atoms with Gasteiger partial charge >= 0.3 is 0 Å². The smallest absolute Gasteiger partial charge is 0.0638 e. The van der Waals surface area contributed by atoms with Crippen LogP contribution in [0.5, 0.6) is 0 Å². The molecule has 1 aromatic carbocycles. The Hall–Kier alpha value is -1.37. The van der Waals surface area contributed by atoms with E-state index in [0.29, 0.717) is 18.5 Å². The van der Waals surface area contributed by atoms with Gasteiger partial charge in [0, 0.05) is 31.7 Å². The molecule has 2 unspecified atom stereocenters. The maximum atomic E-state index is 8.88. The van der Waals surface area contributed by atoms with E-state index in [2.05, 4.69) is 53.5 Å². The number of piperazine rings is 1. The highest BCUT2D eigenvalue weighted by Gasteiger charge is 2.24. The van der Waals surface area contributed by atoms with Gasteiger partial charge in [-0.15, -0.1) is 0 Å². The number of hydrogen-bond acceptors (Lipinski definition) is 3. The van der Waals surface area contributed by atoms with E-state index in [4.69, 9.17) is 5.26 Å². The van der Waals surface area contributed by atoms with E-state index >= 15 is 0 Å². The van der Waals surface area contributed by atoms with Gasteiger partial charge < -0.3 is 5.32 Å². The molecule has 96 valence electrons. The van der Waals surface area contributed by atoms with Crippen LogP contribution in [0.25, 0.3) is 0 Å². The van der Waals surface area contributed by atoms with Crippen LogP contribution in [-0.2, 0) is 6.42 Å². The molecule has 3 heteroatoms. The molecule has 0 amide bonds. The van der Waals surface area contributed by atoms with Crippen molar-refractivity contribution < 1.29 is 0 Å². The number of nitrogens with one attached hydrogen (secondary N) is 1. The van der Waals surface area contributed by atoms with Crippen LogP contribution in [-0.4, -0.2) is 36.6 Å². The lowest BCUT2D eigenvalue weighted by Crippen LogP contribution is -2.55. The summed E-state index contributed by atoms with van der Waals surface area (Å²) in [7, 11) is 0. The normalized spacial score (nSPS) is 24.7. The van der Waals surface area contributed by atoms with E-state index in [-0.39, 0.29) is 0 Å². The summed E-state index contributed by atoms with van der Waals surface area (Å²) >= 11 is 0. The molecular formula is C15H21N3. The monoisotopic (exact) mass is 243 g/mol. The van der Waals surface area contributed by atoms with Crippen molar-refractivity contribution in [3.05, 3.63) is 35.9 Å². The number of rotatable bonds is 4. The second-order valence-electron chi connectivity index (χ2n) is 5.06. The molecule has 1 aliphatic heterocycles. The summed E-state index contributed by atoms with van der Waals surface area (Å²) < 4.78 is 0. The van der Waals surface area contributed by atoms with Gasteiger partial charge in [-0.2, -0.15) is 5.26 Å². The third kappa shape index (κ3) is 3.56. The van der Waals surface area contributed by atoms with Gasteiger partial charge in [-0.1, -0.05) is 30.3 Å². The second-order valence-corrected chi connectivity index (χ2v) is 5.06. The highest BCUT2D eigenvalue weighted by Crippen LogP contribution is 2.11. The molecule has 1 N–H and O–H groups in total. The third-order valence-electron chi connectivity index (χ3n) is 3.58. The van der Waals surface area contributed by atoms with Crippen LogP contribution in [0.1, 0.15) is 18.9 Å². The van der Waals surface area contributed by atoms with Crippen LogP contribution < -0.4 is 5.32 Å². The predicted molar refractivity (Wildman–Crippen MR) is 73.2 cm³/mol. The lowest BCUT2D eigenvalue weighted by atomic mass is 10.1. The highest BCUT2D eigenvalue weighted by atomic mass is 15.2. The molecule has 0 aliphatic carbocycles. The topological polar surface area (TPSA) is 39.1 Å². The summed E-state index contributed by atoms with van der Waals surface area (Å²) in [6.07, 6.45) is 1.68. The minimum absolute atomic E-state index is 0.370. The van der Waals surface area contributed by atoms with Crippen molar-refractivity contribution in [2.45, 2.75) is 31.8 Å². The maximum Gasteiger partial charge on any atom is 0.0638 e. The fourth-order valence-corrected chi connectivity index (χ4v) is 2.53. The summed E-state index contributed by atoms with van der Waals surface area (Å²) in [4.78, 5) is 2.46. The van der Waals surface area contributed by atoms with Gasteiger partial charge in [0.05, 0.1) is 12.5 Å². The molecule has 1 aliphatic rings. The highest BCUT2D eigenvalue weighted by molar-refractivity contribution is 5.15. The van der Waals surface area contributed by atoms with E-state index in [9.17, 15) is 0 Å². The molecule has 0 radical (unpaired) electrons. The maximum absolute atomic E-state index is 8.88. The van der Waals surface area contributed by atoms with E-state index in [1.165, 1.54) is 5.56 Å². The van der Waals surface area contributed by atoms with Gasteiger partial charge in [-0.05, 0) is 18.9 Å². The zero-order valence-electron chi connectivity index (χ0n) is 11.0. The predicted octanol–water partition coefficient (Wildman–Crippen LogP) is 1.81. The Bertz CT molecular complexity index is 396. The standard InChI is InChI=1S/C15H21N3/c1-13-12-18(15(7-9-16)11-17-13)10-8-14-5-3-2-4-6-14/h2-6,13,15,17H,7-8,10-12H2,1H3. The molecule has 1 aromatic rings. The fraction of sp³-hybridized carbons (Fsp3) is 0.533. The Morgan fingerprint density at radius 2 is 2.17 bits per heavy atom. The molecule has 1 saturated heterocycles. The molecule has 0 saturated carbocycles. The summed E-state index contributed by atoms with van der Waals surface area (Å²) in [5.74, 6) is 0. The Balaban J connectivity index is 1.90. The molecule has 0 bridgehead atoms. The Morgan fingerprint density at radius 1 is 1.39 bits per heavy atom. The average Bonchev–Trinajstić information content (AvgIpc) is 2.40. The van der Waals surface area contributed by atoms with E-state index in [1.54, 1.807) is 0 Å². The summed E-state index contributed by atoms with van der Waals surface area (Å²) in [5, 5.41) is 12.3. The zero-order chi connectivity index (χ0) is 12.8. The lowest BCUT2D eigenvalue weighted by molar-refractivity contribution is 0.139. The van der Waals surface area contributed by atoms with Crippen molar-refractivity contribution in [2.75, 3.05) is 19.6 Å². The van der Waals surface area contributed by atoms with Crippen molar-refractivity contribution in [2.24, 2.45) is 0 Å². The number of hydrogen-bond donors (Lipinski definition) is 1. The Labute approximate surface area is 109 Å². The number of nitrogens with zero attached hydrogens (tertiary/aromatic N) is 2. The van der Waals surface area contributed by atoms with Crippen LogP contribution in [0.15, 0.2) is 30.3 Å². The lowest BCUT2D eigenvalue weighted by Gasteiger charge is -2.38. The van der Waals surface area contributed by atoms with Crippen LogP contribution >= 0.6 is 0 Å². The number of nitriles is 1. The van der Waals surface area contributed by atoms with Gasteiger partial charge in [-0.3, -0.25) is 4.90 Å². The van der Waals surface area contributed by atoms with Crippen molar-refractivity contribution in [3.8, 4) is 6.07 Å². The van der Waals surface area contributed by atoms with Crippen LogP contribution in [0.3, 0.4) is 0 Å². The Kier molecular flexibility index (Phi) is 4.74. The summed E-state index contributed by atoms with van der Waals surface area (Å²) in [6, 6.07) is 13.8. The second kappa shape index (κ2) is 6.53. The SMILES string of the molecule is CC1CN(CCc2ccccc2)C(CC#N)CN1. The van der Waals surface area contributed by atoms with E-state index in [0.717, 1.165) is 26.1 Å². The van der Waals surface area contributed by atoms with Crippen LogP contribution in [0.4, 0.5) is 0 Å². The van der Waals surface area contributed by atoms with Crippen molar-refractivity contribution in [1.29, 1.82) is 5.26 Å². The first-order valence-corrected chi connectivity index (χ1v) is 6.68. The molecule has 2 rings (SSSR count). The van der Waals surface area contributed by atoms with Gasteiger partial charge in [0.1, 0.15) is 0 Å². The van der Waals surface area contributed by atoms with Gasteiger partial charge in [0.25, 0.3) is 0 Å². The van der Waals surface area contributed by atoms with Crippen molar-refractivity contribution in [3.63, 3.8) is 0 Å². The minimum Gasteiger partial charge on any atom is -0.311 e. The first-order chi connectivity index (χ1) is 8.79. The van der Waals surface area contributed by atoms with E-state index < -0.39 is 0 Å². The summed E-state index contributed by atoms with van der Waals surface area (Å²) in [6.45, 7) is 5.23.